The van der Waals surface area contributed by atoms with E-state index in [0.29, 0.717) is 5.92 Å². The maximum atomic E-state index is 6.36. The number of rotatable bonds is 7. The number of nitrogens with two attached hydrogens (primary N) is 1. The zero-order chi connectivity index (χ0) is 13.0. The van der Waals surface area contributed by atoms with Crippen LogP contribution in [0, 0.1) is 5.92 Å². The van der Waals surface area contributed by atoms with E-state index in [2.05, 4.69) is 6.92 Å². The largest absolute Gasteiger partial charge is 0.493 e. The maximum Gasteiger partial charge on any atom is 0.124 e. The van der Waals surface area contributed by atoms with Crippen molar-refractivity contribution < 1.29 is 9.47 Å². The molecule has 0 heterocycles. The van der Waals surface area contributed by atoms with Gasteiger partial charge in [-0.2, -0.15) is 0 Å². The Morgan fingerprint density at radius 1 is 1.33 bits per heavy atom. The molecular formula is C15H23NO2. The highest BCUT2D eigenvalue weighted by atomic mass is 16.5. The van der Waals surface area contributed by atoms with Gasteiger partial charge < -0.3 is 15.2 Å². The normalized spacial score (nSPS) is 18.4. The van der Waals surface area contributed by atoms with Crippen LogP contribution in [0.1, 0.15) is 37.8 Å². The van der Waals surface area contributed by atoms with Gasteiger partial charge in [0.05, 0.1) is 18.8 Å². The van der Waals surface area contributed by atoms with E-state index in [-0.39, 0.29) is 12.1 Å². The average molecular weight is 249 g/mol. The Bertz CT molecular complexity index is 377. The monoisotopic (exact) mass is 249 g/mol. The molecule has 1 aromatic rings. The highest BCUT2D eigenvalue weighted by Crippen LogP contribution is 2.40. The molecular weight excluding hydrogens is 226 g/mol. The van der Waals surface area contributed by atoms with Crippen molar-refractivity contribution in [3.05, 3.63) is 29.8 Å². The Kier molecular flexibility index (Phi) is 4.61. The van der Waals surface area contributed by atoms with Gasteiger partial charge in [-0.25, -0.2) is 0 Å². The average Bonchev–Trinajstić information content (AvgIpc) is 3.22. The van der Waals surface area contributed by atoms with Gasteiger partial charge in [-0.1, -0.05) is 25.1 Å². The van der Waals surface area contributed by atoms with Crippen LogP contribution in [0.2, 0.25) is 0 Å². The minimum absolute atomic E-state index is 0.101. The minimum Gasteiger partial charge on any atom is -0.493 e. The van der Waals surface area contributed by atoms with Gasteiger partial charge in [0.25, 0.3) is 0 Å². The van der Waals surface area contributed by atoms with Crippen LogP contribution in [-0.4, -0.2) is 19.8 Å². The van der Waals surface area contributed by atoms with Crippen molar-refractivity contribution in [1.82, 2.24) is 0 Å². The van der Waals surface area contributed by atoms with Gasteiger partial charge in [0.1, 0.15) is 5.75 Å². The summed E-state index contributed by atoms with van der Waals surface area (Å²) in [5, 5.41) is 0. The van der Waals surface area contributed by atoms with E-state index in [0.717, 1.165) is 24.3 Å². The van der Waals surface area contributed by atoms with Crippen LogP contribution >= 0.6 is 0 Å². The molecule has 0 saturated heterocycles. The first-order valence-electron chi connectivity index (χ1n) is 6.78. The van der Waals surface area contributed by atoms with Gasteiger partial charge in [0.15, 0.2) is 0 Å². The van der Waals surface area contributed by atoms with E-state index in [9.17, 15) is 0 Å². The molecule has 0 amide bonds. The lowest BCUT2D eigenvalue weighted by molar-refractivity contribution is 0.0615. The molecule has 3 heteroatoms. The molecule has 2 unspecified atom stereocenters. The lowest BCUT2D eigenvalue weighted by atomic mass is 9.98. The van der Waals surface area contributed by atoms with Crippen LogP contribution in [-0.2, 0) is 4.74 Å². The van der Waals surface area contributed by atoms with E-state index in [1.807, 2.05) is 24.3 Å². The van der Waals surface area contributed by atoms with E-state index in [4.69, 9.17) is 15.2 Å². The van der Waals surface area contributed by atoms with E-state index in [1.165, 1.54) is 12.8 Å². The first-order chi connectivity index (χ1) is 8.77. The molecule has 1 aromatic carbocycles. The summed E-state index contributed by atoms with van der Waals surface area (Å²) in [5.74, 6) is 1.51. The summed E-state index contributed by atoms with van der Waals surface area (Å²) in [6.07, 6.45) is 3.56. The minimum atomic E-state index is -0.101. The van der Waals surface area contributed by atoms with Crippen LogP contribution < -0.4 is 10.5 Å². The molecule has 1 saturated carbocycles. The van der Waals surface area contributed by atoms with Gasteiger partial charge >= 0.3 is 0 Å². The second-order valence-corrected chi connectivity index (χ2v) is 4.95. The van der Waals surface area contributed by atoms with Crippen LogP contribution in [0.5, 0.6) is 5.75 Å². The third kappa shape index (κ3) is 3.03. The van der Waals surface area contributed by atoms with E-state index in [1.54, 1.807) is 7.11 Å². The van der Waals surface area contributed by atoms with Gasteiger partial charge in [-0.05, 0) is 31.2 Å². The van der Waals surface area contributed by atoms with Crippen molar-refractivity contribution in [1.29, 1.82) is 0 Å². The molecule has 18 heavy (non-hydrogen) atoms. The van der Waals surface area contributed by atoms with Crippen molar-refractivity contribution in [3.63, 3.8) is 0 Å². The highest BCUT2D eigenvalue weighted by Gasteiger charge is 2.36. The molecule has 0 spiro atoms. The van der Waals surface area contributed by atoms with Gasteiger partial charge in [0.2, 0.25) is 0 Å². The van der Waals surface area contributed by atoms with Crippen LogP contribution in [0.3, 0.4) is 0 Å². The Labute approximate surface area is 109 Å². The summed E-state index contributed by atoms with van der Waals surface area (Å²) in [5.41, 5.74) is 7.42. The summed E-state index contributed by atoms with van der Waals surface area (Å²) in [7, 11) is 1.75. The first-order valence-corrected chi connectivity index (χ1v) is 6.78. The van der Waals surface area contributed by atoms with Crippen LogP contribution in [0.25, 0.3) is 0 Å². The Morgan fingerprint density at radius 3 is 2.67 bits per heavy atom. The van der Waals surface area contributed by atoms with Crippen molar-refractivity contribution in [2.24, 2.45) is 11.7 Å². The molecule has 2 rings (SSSR count). The lowest BCUT2D eigenvalue weighted by Crippen LogP contribution is -2.30. The fourth-order valence-corrected chi connectivity index (χ4v) is 2.33. The number of para-hydroxylation sites is 1. The molecule has 0 aliphatic heterocycles. The predicted molar refractivity (Wildman–Crippen MR) is 72.7 cm³/mol. The zero-order valence-corrected chi connectivity index (χ0v) is 11.3. The third-order valence-corrected chi connectivity index (χ3v) is 3.45. The van der Waals surface area contributed by atoms with Crippen LogP contribution in [0.15, 0.2) is 24.3 Å². The number of ether oxygens (including phenoxy) is 2. The standard InChI is InChI=1S/C15H23NO2/c1-3-10-18-13-7-5-4-6-12(13)14(16)15(17-2)11-8-9-11/h4-7,11,14-15H,3,8-10,16H2,1-2H3. The summed E-state index contributed by atoms with van der Waals surface area (Å²) < 4.78 is 11.3. The van der Waals surface area contributed by atoms with E-state index < -0.39 is 0 Å². The maximum absolute atomic E-state index is 6.36. The second-order valence-electron chi connectivity index (χ2n) is 4.95. The topological polar surface area (TPSA) is 44.5 Å². The molecule has 2 atom stereocenters. The fraction of sp³-hybridized carbons (Fsp3) is 0.600. The Balaban J connectivity index is 2.14. The second kappa shape index (κ2) is 6.21. The van der Waals surface area contributed by atoms with Crippen molar-refractivity contribution in [3.8, 4) is 5.75 Å². The summed E-state index contributed by atoms with van der Waals surface area (Å²) >= 11 is 0. The Morgan fingerprint density at radius 2 is 2.06 bits per heavy atom. The van der Waals surface area contributed by atoms with Gasteiger partial charge in [-0.3, -0.25) is 0 Å². The summed E-state index contributed by atoms with van der Waals surface area (Å²) in [6, 6.07) is 7.93. The third-order valence-electron chi connectivity index (χ3n) is 3.45. The smallest absolute Gasteiger partial charge is 0.124 e. The molecule has 1 aliphatic rings. The van der Waals surface area contributed by atoms with Crippen LogP contribution in [0.4, 0.5) is 0 Å². The SMILES string of the molecule is CCCOc1ccccc1C(N)C(OC)C1CC1. The van der Waals surface area contributed by atoms with Crippen molar-refractivity contribution >= 4 is 0 Å². The molecule has 2 N–H and O–H groups in total. The molecule has 100 valence electrons. The predicted octanol–water partition coefficient (Wildman–Crippen LogP) is 2.90. The van der Waals surface area contributed by atoms with Gasteiger partial charge in [-0.15, -0.1) is 0 Å². The molecule has 1 aliphatic carbocycles. The molecule has 3 nitrogen and oxygen atoms in total. The molecule has 0 aromatic heterocycles. The molecule has 0 bridgehead atoms. The fourth-order valence-electron chi connectivity index (χ4n) is 2.33. The van der Waals surface area contributed by atoms with E-state index >= 15 is 0 Å². The zero-order valence-electron chi connectivity index (χ0n) is 11.3. The van der Waals surface area contributed by atoms with Gasteiger partial charge in [0, 0.05) is 12.7 Å². The first kappa shape index (κ1) is 13.4. The number of benzene rings is 1. The quantitative estimate of drug-likeness (QED) is 0.808. The molecule has 1 fully saturated rings. The number of hydrogen-bond donors (Lipinski definition) is 1. The summed E-state index contributed by atoms with van der Waals surface area (Å²) in [6.45, 7) is 2.83. The number of methoxy groups -OCH3 is 1. The van der Waals surface area contributed by atoms with Crippen molar-refractivity contribution in [2.45, 2.75) is 38.3 Å². The van der Waals surface area contributed by atoms with Crippen molar-refractivity contribution in [2.75, 3.05) is 13.7 Å². The molecule has 0 radical (unpaired) electrons. The number of hydrogen-bond acceptors (Lipinski definition) is 3. The Hall–Kier alpha value is -1.06. The highest BCUT2D eigenvalue weighted by molar-refractivity contribution is 5.36. The summed E-state index contributed by atoms with van der Waals surface area (Å²) in [4.78, 5) is 0. The lowest BCUT2D eigenvalue weighted by Gasteiger charge is -2.24.